The molecule has 1 rings (SSSR count). The van der Waals surface area contributed by atoms with Gasteiger partial charge in [-0.25, -0.2) is 0 Å². The van der Waals surface area contributed by atoms with Crippen molar-refractivity contribution in [1.82, 2.24) is 5.32 Å². The molecule has 5 nitrogen and oxygen atoms in total. The van der Waals surface area contributed by atoms with Gasteiger partial charge in [0.15, 0.2) is 0 Å². The fourth-order valence-corrected chi connectivity index (χ4v) is 1.82. The fourth-order valence-electron chi connectivity index (χ4n) is 1.82. The van der Waals surface area contributed by atoms with Crippen LogP contribution in [0, 0.1) is 6.92 Å². The van der Waals surface area contributed by atoms with Crippen LogP contribution in [0.25, 0.3) is 0 Å². The molecule has 0 radical (unpaired) electrons. The average molecular weight is 279 g/mol. The number of nitrogens with one attached hydrogen (secondary N) is 2. The number of carbonyl (C=O) groups excluding carboxylic acids is 1. The lowest BCUT2D eigenvalue weighted by atomic mass is 10.1. The van der Waals surface area contributed by atoms with Gasteiger partial charge in [0.05, 0.1) is 17.4 Å². The van der Waals surface area contributed by atoms with Gasteiger partial charge in [0.25, 0.3) is 5.91 Å². The highest BCUT2D eigenvalue weighted by molar-refractivity contribution is 5.99. The minimum atomic E-state index is -0.105. The summed E-state index contributed by atoms with van der Waals surface area (Å²) in [5, 5.41) is 2.90. The van der Waals surface area contributed by atoms with Crippen LogP contribution in [0.3, 0.4) is 0 Å². The van der Waals surface area contributed by atoms with Gasteiger partial charge in [0.2, 0.25) is 0 Å². The van der Waals surface area contributed by atoms with E-state index in [0.29, 0.717) is 17.8 Å². The lowest BCUT2D eigenvalue weighted by Crippen LogP contribution is -2.26. The molecule has 0 fully saturated rings. The largest absolute Gasteiger partial charge is 0.379 e. The molecule has 4 N–H and O–H groups in total. The van der Waals surface area contributed by atoms with Gasteiger partial charge in [-0.3, -0.25) is 10.6 Å². The summed E-state index contributed by atoms with van der Waals surface area (Å²) in [6, 6.07) is 5.54. The molecule has 0 heterocycles. The maximum absolute atomic E-state index is 12.1. The predicted octanol–water partition coefficient (Wildman–Crippen LogP) is 2.22. The molecule has 0 aliphatic heterocycles. The molecule has 0 saturated carbocycles. The second-order valence-corrected chi connectivity index (χ2v) is 5.08. The second kappa shape index (κ2) is 8.55. The molecule has 1 amide bonds. The highest BCUT2D eigenvalue weighted by Gasteiger charge is 2.10. The Balaban J connectivity index is 2.37. The Morgan fingerprint density at radius 1 is 1.35 bits per heavy atom. The summed E-state index contributed by atoms with van der Waals surface area (Å²) < 4.78 is 5.45. The number of nitrogens with two attached hydrogens (primary N) is 1. The van der Waals surface area contributed by atoms with E-state index in [1.54, 1.807) is 6.07 Å². The number of hydrazine groups is 1. The summed E-state index contributed by atoms with van der Waals surface area (Å²) in [4.78, 5) is 12.1. The Morgan fingerprint density at radius 2 is 2.10 bits per heavy atom. The van der Waals surface area contributed by atoms with Crippen LogP contribution in [0.4, 0.5) is 5.69 Å². The Hall–Kier alpha value is -1.59. The number of ether oxygens (including phenoxy) is 1. The van der Waals surface area contributed by atoms with E-state index in [1.807, 2.05) is 32.9 Å². The van der Waals surface area contributed by atoms with Crippen molar-refractivity contribution >= 4 is 11.6 Å². The van der Waals surface area contributed by atoms with Gasteiger partial charge in [-0.1, -0.05) is 11.6 Å². The number of unbranched alkanes of at least 4 members (excludes halogenated alkanes) is 1. The predicted molar refractivity (Wildman–Crippen MR) is 81.6 cm³/mol. The van der Waals surface area contributed by atoms with Crippen LogP contribution in [0.5, 0.6) is 0 Å². The highest BCUT2D eigenvalue weighted by Crippen LogP contribution is 2.16. The summed E-state index contributed by atoms with van der Waals surface area (Å²) in [7, 11) is 0. The molecule has 5 heteroatoms. The lowest BCUT2D eigenvalue weighted by molar-refractivity contribution is 0.0754. The maximum Gasteiger partial charge on any atom is 0.253 e. The van der Waals surface area contributed by atoms with Crippen LogP contribution >= 0.6 is 0 Å². The minimum absolute atomic E-state index is 0.105. The van der Waals surface area contributed by atoms with E-state index in [-0.39, 0.29) is 12.0 Å². The standard InChI is InChI=1S/C15H25N3O2/c1-11(2)20-9-5-4-8-17-15(19)13-10-12(3)6-7-14(13)18-16/h6-7,10-11,18H,4-5,8-9,16H2,1-3H3,(H,17,19). The summed E-state index contributed by atoms with van der Waals surface area (Å²) in [5.41, 5.74) is 4.78. The number of hydrogen-bond acceptors (Lipinski definition) is 4. The van der Waals surface area contributed by atoms with E-state index < -0.39 is 0 Å². The summed E-state index contributed by atoms with van der Waals surface area (Å²) >= 11 is 0. The van der Waals surface area contributed by atoms with Gasteiger partial charge in [-0.15, -0.1) is 0 Å². The Morgan fingerprint density at radius 3 is 2.75 bits per heavy atom. The van der Waals surface area contributed by atoms with E-state index in [9.17, 15) is 4.79 Å². The van der Waals surface area contributed by atoms with Crippen molar-refractivity contribution in [3.63, 3.8) is 0 Å². The summed E-state index contributed by atoms with van der Waals surface area (Å²) in [5.74, 6) is 5.31. The number of nitrogen functional groups attached to an aromatic ring is 1. The van der Waals surface area contributed by atoms with Gasteiger partial charge in [-0.2, -0.15) is 0 Å². The summed E-state index contributed by atoms with van der Waals surface area (Å²) in [6.45, 7) is 7.34. The molecule has 0 aliphatic rings. The Bertz CT molecular complexity index is 433. The molecule has 20 heavy (non-hydrogen) atoms. The van der Waals surface area contributed by atoms with Gasteiger partial charge in [0, 0.05) is 13.2 Å². The molecule has 0 unspecified atom stereocenters. The molecule has 1 aromatic carbocycles. The van der Waals surface area contributed by atoms with E-state index in [1.165, 1.54) is 0 Å². The summed E-state index contributed by atoms with van der Waals surface area (Å²) in [6.07, 6.45) is 2.10. The van der Waals surface area contributed by atoms with Crippen molar-refractivity contribution in [2.24, 2.45) is 5.84 Å². The first-order valence-electron chi connectivity index (χ1n) is 7.01. The molecule has 0 aromatic heterocycles. The lowest BCUT2D eigenvalue weighted by Gasteiger charge is -2.11. The Labute approximate surface area is 120 Å². The quantitative estimate of drug-likeness (QED) is 0.387. The monoisotopic (exact) mass is 279 g/mol. The van der Waals surface area contributed by atoms with E-state index in [0.717, 1.165) is 25.0 Å². The number of rotatable bonds is 8. The molecular weight excluding hydrogens is 254 g/mol. The first-order valence-corrected chi connectivity index (χ1v) is 7.01. The highest BCUT2D eigenvalue weighted by atomic mass is 16.5. The van der Waals surface area contributed by atoms with Crippen molar-refractivity contribution in [2.45, 2.75) is 39.7 Å². The first kappa shape index (κ1) is 16.5. The molecule has 1 aromatic rings. The van der Waals surface area contributed by atoms with Crippen molar-refractivity contribution in [3.8, 4) is 0 Å². The third-order valence-electron chi connectivity index (χ3n) is 2.88. The van der Waals surface area contributed by atoms with Crippen molar-refractivity contribution in [3.05, 3.63) is 29.3 Å². The fraction of sp³-hybridized carbons (Fsp3) is 0.533. The molecule has 112 valence electrons. The number of amides is 1. The van der Waals surface area contributed by atoms with Crippen LogP contribution in [-0.2, 0) is 4.74 Å². The van der Waals surface area contributed by atoms with E-state index >= 15 is 0 Å². The molecule has 0 spiro atoms. The third-order valence-corrected chi connectivity index (χ3v) is 2.88. The zero-order chi connectivity index (χ0) is 15.0. The number of hydrogen-bond donors (Lipinski definition) is 3. The second-order valence-electron chi connectivity index (χ2n) is 5.08. The van der Waals surface area contributed by atoms with Gasteiger partial charge in [0.1, 0.15) is 0 Å². The molecule has 0 aliphatic carbocycles. The van der Waals surface area contributed by atoms with E-state index in [4.69, 9.17) is 10.6 Å². The van der Waals surface area contributed by atoms with Gasteiger partial charge < -0.3 is 15.5 Å². The van der Waals surface area contributed by atoms with Crippen LogP contribution in [0.2, 0.25) is 0 Å². The van der Waals surface area contributed by atoms with Crippen LogP contribution in [0.15, 0.2) is 18.2 Å². The first-order chi connectivity index (χ1) is 9.54. The average Bonchev–Trinajstić information content (AvgIpc) is 2.42. The molecule has 0 atom stereocenters. The third kappa shape index (κ3) is 5.59. The smallest absolute Gasteiger partial charge is 0.253 e. The van der Waals surface area contributed by atoms with Gasteiger partial charge in [-0.05, 0) is 45.7 Å². The van der Waals surface area contributed by atoms with E-state index in [2.05, 4.69) is 10.7 Å². The number of benzene rings is 1. The molecule has 0 saturated heterocycles. The number of aryl methyl sites for hydroxylation is 1. The molecule has 0 bridgehead atoms. The van der Waals surface area contributed by atoms with Crippen LogP contribution < -0.4 is 16.6 Å². The zero-order valence-electron chi connectivity index (χ0n) is 12.5. The number of carbonyl (C=O) groups is 1. The van der Waals surface area contributed by atoms with Crippen LogP contribution in [-0.4, -0.2) is 25.2 Å². The number of anilines is 1. The topological polar surface area (TPSA) is 76.4 Å². The molecular formula is C15H25N3O2. The van der Waals surface area contributed by atoms with Crippen molar-refractivity contribution in [2.75, 3.05) is 18.6 Å². The van der Waals surface area contributed by atoms with Crippen molar-refractivity contribution in [1.29, 1.82) is 0 Å². The van der Waals surface area contributed by atoms with Crippen LogP contribution in [0.1, 0.15) is 42.6 Å². The zero-order valence-corrected chi connectivity index (χ0v) is 12.5. The maximum atomic E-state index is 12.1. The minimum Gasteiger partial charge on any atom is -0.379 e. The van der Waals surface area contributed by atoms with Gasteiger partial charge >= 0.3 is 0 Å². The van der Waals surface area contributed by atoms with Crippen molar-refractivity contribution < 1.29 is 9.53 Å². The SMILES string of the molecule is Cc1ccc(NN)c(C(=O)NCCCCOC(C)C)c1. The Kier molecular flexibility index (Phi) is 7.04. The normalized spacial score (nSPS) is 10.7.